The van der Waals surface area contributed by atoms with Crippen molar-refractivity contribution in [1.29, 1.82) is 0 Å². The summed E-state index contributed by atoms with van der Waals surface area (Å²) in [4.78, 5) is 50.2. The minimum Gasteiger partial charge on any atom is -0.466 e. The van der Waals surface area contributed by atoms with E-state index in [2.05, 4.69) is 0 Å². The summed E-state index contributed by atoms with van der Waals surface area (Å²) in [5, 5.41) is 0. The number of carbonyl (C=O) groups excluding carboxylic acids is 4. The first-order valence-electron chi connectivity index (χ1n) is 12.9. The van der Waals surface area contributed by atoms with Crippen molar-refractivity contribution in [2.75, 3.05) is 0 Å². The van der Waals surface area contributed by atoms with E-state index in [9.17, 15) is 19.2 Å². The lowest BCUT2D eigenvalue weighted by molar-refractivity contribution is -0.146. The number of hydrogen-bond donors (Lipinski definition) is 0. The Kier molecular flexibility index (Phi) is 9.66. The van der Waals surface area contributed by atoms with Gasteiger partial charge in [-0.1, -0.05) is 27.7 Å². The van der Waals surface area contributed by atoms with E-state index in [1.165, 1.54) is 24.7 Å². The molecule has 0 fully saturated rings. The van der Waals surface area contributed by atoms with Crippen LogP contribution in [0.4, 0.5) is 0 Å². The average molecular weight is 525 g/mol. The number of esters is 2. The highest BCUT2D eigenvalue weighted by atomic mass is 16.5. The Morgan fingerprint density at radius 2 is 1.11 bits per heavy atom. The lowest BCUT2D eigenvalue weighted by Crippen LogP contribution is -2.30. The first-order chi connectivity index (χ1) is 18.0. The maximum atomic E-state index is 13.1. The van der Waals surface area contributed by atoms with Crippen LogP contribution < -0.4 is 0 Å². The molecule has 8 heteroatoms. The third-order valence-electron chi connectivity index (χ3n) is 6.82. The van der Waals surface area contributed by atoms with Gasteiger partial charge in [0.2, 0.25) is 0 Å². The fourth-order valence-electron chi connectivity index (χ4n) is 4.47. The van der Waals surface area contributed by atoms with Crippen LogP contribution in [0.3, 0.4) is 0 Å². The fourth-order valence-corrected chi connectivity index (χ4v) is 4.47. The quantitative estimate of drug-likeness (QED) is 0.217. The molecule has 0 spiro atoms. The Balaban J connectivity index is 1.47. The van der Waals surface area contributed by atoms with Gasteiger partial charge in [0.05, 0.1) is 12.5 Å². The molecule has 0 radical (unpaired) electrons. The predicted octanol–water partition coefficient (Wildman–Crippen LogP) is 6.06. The normalized spacial score (nSPS) is 14.2. The summed E-state index contributed by atoms with van der Waals surface area (Å²) in [6, 6.07) is 6.92. The molecule has 0 aromatic carbocycles. The van der Waals surface area contributed by atoms with Crippen molar-refractivity contribution in [2.24, 2.45) is 10.8 Å². The molecular weight excluding hydrogens is 488 g/mol. The number of ketones is 2. The van der Waals surface area contributed by atoms with Gasteiger partial charge in [0.25, 0.3) is 0 Å². The van der Waals surface area contributed by atoms with Crippen LogP contribution in [0, 0.1) is 10.8 Å². The SMILES string of the molecule is CC(C)(CCCC(=O)OCc1ccco1)C1=CC(=O)C(C(C)(C)CCCC(=O)OCc2ccco2)=CC1=O. The van der Waals surface area contributed by atoms with Crippen LogP contribution in [-0.4, -0.2) is 23.5 Å². The summed E-state index contributed by atoms with van der Waals surface area (Å²) >= 11 is 0. The van der Waals surface area contributed by atoms with Crippen molar-refractivity contribution in [2.45, 2.75) is 79.4 Å². The van der Waals surface area contributed by atoms with Crippen molar-refractivity contribution in [1.82, 2.24) is 0 Å². The topological polar surface area (TPSA) is 113 Å². The summed E-state index contributed by atoms with van der Waals surface area (Å²) in [7, 11) is 0. The van der Waals surface area contributed by atoms with Crippen molar-refractivity contribution >= 4 is 23.5 Å². The molecule has 3 rings (SSSR count). The summed E-state index contributed by atoms with van der Waals surface area (Å²) in [6.45, 7) is 7.77. The molecule has 0 N–H and O–H groups in total. The van der Waals surface area contributed by atoms with Crippen molar-refractivity contribution in [3.05, 3.63) is 71.6 Å². The van der Waals surface area contributed by atoms with Crippen LogP contribution in [0.2, 0.25) is 0 Å². The van der Waals surface area contributed by atoms with E-state index in [0.717, 1.165) is 0 Å². The second kappa shape index (κ2) is 12.7. The van der Waals surface area contributed by atoms with Crippen LogP contribution in [0.5, 0.6) is 0 Å². The summed E-state index contributed by atoms with van der Waals surface area (Å²) in [5.41, 5.74) is -0.296. The molecular formula is C30H36O8. The van der Waals surface area contributed by atoms with E-state index in [4.69, 9.17) is 18.3 Å². The van der Waals surface area contributed by atoms with Crippen molar-refractivity contribution < 1.29 is 37.5 Å². The van der Waals surface area contributed by atoms with Gasteiger partial charge in [-0.2, -0.15) is 0 Å². The molecule has 2 heterocycles. The monoisotopic (exact) mass is 524 g/mol. The zero-order valence-corrected chi connectivity index (χ0v) is 22.5. The third-order valence-corrected chi connectivity index (χ3v) is 6.82. The highest BCUT2D eigenvalue weighted by Gasteiger charge is 2.36. The molecule has 0 unspecified atom stereocenters. The van der Waals surface area contributed by atoms with Gasteiger partial charge >= 0.3 is 11.9 Å². The van der Waals surface area contributed by atoms with Gasteiger partial charge in [0, 0.05) is 24.0 Å². The van der Waals surface area contributed by atoms with Crippen molar-refractivity contribution in [3.63, 3.8) is 0 Å². The zero-order valence-electron chi connectivity index (χ0n) is 22.5. The van der Waals surface area contributed by atoms with E-state index >= 15 is 0 Å². The molecule has 0 amide bonds. The van der Waals surface area contributed by atoms with Gasteiger partial charge in [-0.25, -0.2) is 0 Å². The first kappa shape index (κ1) is 28.9. The Morgan fingerprint density at radius 3 is 1.45 bits per heavy atom. The lowest BCUT2D eigenvalue weighted by atomic mass is 9.70. The van der Waals surface area contributed by atoms with Crippen LogP contribution in [0.25, 0.3) is 0 Å². The minimum atomic E-state index is -0.585. The standard InChI is InChI=1S/C30H36O8/c1-29(2,13-5-11-27(33)37-19-21-9-7-15-35-21)23-17-26(32)24(18-25(23)31)30(3,4)14-6-12-28(34)38-20-22-10-8-16-36-22/h7-10,15-18H,5-6,11-14,19-20H2,1-4H3. The zero-order chi connectivity index (χ0) is 27.8. The molecule has 0 aliphatic heterocycles. The minimum absolute atomic E-state index is 0.0862. The average Bonchev–Trinajstić information content (AvgIpc) is 3.57. The summed E-state index contributed by atoms with van der Waals surface area (Å²) in [5.74, 6) is 0.0696. The van der Waals surface area contributed by atoms with Crippen LogP contribution >= 0.6 is 0 Å². The summed E-state index contributed by atoms with van der Waals surface area (Å²) < 4.78 is 20.7. The molecule has 0 bridgehead atoms. The van der Waals surface area contributed by atoms with Gasteiger partial charge in [-0.05, 0) is 72.9 Å². The molecule has 38 heavy (non-hydrogen) atoms. The van der Waals surface area contributed by atoms with E-state index in [1.54, 1.807) is 24.3 Å². The number of rotatable bonds is 14. The lowest BCUT2D eigenvalue weighted by Gasteiger charge is -2.32. The maximum absolute atomic E-state index is 13.1. The Morgan fingerprint density at radius 1 is 0.711 bits per heavy atom. The smallest absolute Gasteiger partial charge is 0.306 e. The van der Waals surface area contributed by atoms with E-state index in [-0.39, 0.29) is 49.6 Å². The van der Waals surface area contributed by atoms with E-state index in [1.807, 2.05) is 27.7 Å². The highest BCUT2D eigenvalue weighted by Crippen LogP contribution is 2.40. The molecule has 0 saturated carbocycles. The second-order valence-electron chi connectivity index (χ2n) is 10.8. The molecule has 8 nitrogen and oxygen atoms in total. The maximum Gasteiger partial charge on any atom is 0.306 e. The molecule has 204 valence electrons. The van der Waals surface area contributed by atoms with E-state index in [0.29, 0.717) is 48.3 Å². The number of carbonyl (C=O) groups is 4. The molecule has 1 aliphatic rings. The fraction of sp³-hybridized carbons (Fsp3) is 0.467. The number of furan rings is 2. The second-order valence-corrected chi connectivity index (χ2v) is 10.8. The first-order valence-corrected chi connectivity index (χ1v) is 12.9. The van der Waals surface area contributed by atoms with Gasteiger partial charge in [0.1, 0.15) is 24.7 Å². The Bertz CT molecular complexity index is 1080. The third kappa shape index (κ3) is 8.16. The molecule has 2 aromatic heterocycles. The molecule has 0 saturated heterocycles. The van der Waals surface area contributed by atoms with Crippen molar-refractivity contribution in [3.8, 4) is 0 Å². The van der Waals surface area contributed by atoms with Gasteiger partial charge < -0.3 is 18.3 Å². The van der Waals surface area contributed by atoms with Gasteiger partial charge in [-0.15, -0.1) is 0 Å². The number of allylic oxidation sites excluding steroid dienone is 4. The predicted molar refractivity (Wildman–Crippen MR) is 138 cm³/mol. The molecule has 0 atom stereocenters. The molecule has 2 aromatic rings. The number of hydrogen-bond acceptors (Lipinski definition) is 8. The van der Waals surface area contributed by atoms with Crippen LogP contribution in [0.15, 0.2) is 68.9 Å². The Hall–Kier alpha value is -3.68. The summed E-state index contributed by atoms with van der Waals surface area (Å²) in [6.07, 6.45) is 8.44. The highest BCUT2D eigenvalue weighted by molar-refractivity contribution is 6.20. The van der Waals surface area contributed by atoms with Gasteiger partial charge in [0.15, 0.2) is 11.6 Å². The van der Waals surface area contributed by atoms with Crippen LogP contribution in [-0.2, 0) is 41.9 Å². The number of ether oxygens (including phenoxy) is 2. The largest absolute Gasteiger partial charge is 0.466 e. The van der Waals surface area contributed by atoms with Crippen LogP contribution in [0.1, 0.15) is 77.7 Å². The molecule has 1 aliphatic carbocycles. The van der Waals surface area contributed by atoms with E-state index < -0.39 is 10.8 Å². The Labute approximate surface area is 223 Å². The van der Waals surface area contributed by atoms with Gasteiger partial charge in [-0.3, -0.25) is 19.2 Å².